The molecule has 102 valence electrons. The highest BCUT2D eigenvalue weighted by atomic mass is 35.5. The van der Waals surface area contributed by atoms with E-state index in [2.05, 4.69) is 0 Å². The van der Waals surface area contributed by atoms with Gasteiger partial charge >= 0.3 is 0 Å². The van der Waals surface area contributed by atoms with Crippen LogP contribution in [0, 0.1) is 0 Å². The fourth-order valence-electron chi connectivity index (χ4n) is 1.30. The van der Waals surface area contributed by atoms with E-state index in [0.29, 0.717) is 18.2 Å². The first kappa shape index (κ1) is 15.2. The first-order chi connectivity index (χ1) is 8.47. The summed E-state index contributed by atoms with van der Waals surface area (Å²) in [5, 5.41) is 0.336. The number of ether oxygens (including phenoxy) is 2. The quantitative estimate of drug-likeness (QED) is 0.606. The van der Waals surface area contributed by atoms with E-state index in [1.807, 2.05) is 0 Å². The first-order valence-corrected chi connectivity index (χ1v) is 7.35. The third-order valence-corrected chi connectivity index (χ3v) is 4.20. The minimum atomic E-state index is -3.48. The molecule has 2 N–H and O–H groups in total. The molecule has 0 atom stereocenters. The van der Waals surface area contributed by atoms with Crippen LogP contribution in [-0.4, -0.2) is 41.1 Å². The van der Waals surface area contributed by atoms with Crippen LogP contribution in [0.3, 0.4) is 0 Å². The summed E-state index contributed by atoms with van der Waals surface area (Å²) in [5.74, 6) is -0.138. The van der Waals surface area contributed by atoms with Crippen molar-refractivity contribution < 1.29 is 17.9 Å². The summed E-state index contributed by atoms with van der Waals surface area (Å²) < 4.78 is 33.9. The summed E-state index contributed by atoms with van der Waals surface area (Å²) in [5.41, 5.74) is 5.82. The van der Waals surface area contributed by atoms with Crippen LogP contribution >= 0.6 is 11.6 Å². The van der Waals surface area contributed by atoms with Gasteiger partial charge in [0.1, 0.15) is 0 Å². The van der Waals surface area contributed by atoms with Crippen LogP contribution in [0.1, 0.15) is 0 Å². The van der Waals surface area contributed by atoms with Gasteiger partial charge in [-0.3, -0.25) is 0 Å². The van der Waals surface area contributed by atoms with Crippen molar-refractivity contribution in [2.24, 2.45) is 0 Å². The van der Waals surface area contributed by atoms with Crippen molar-refractivity contribution in [3.63, 3.8) is 0 Å². The largest absolute Gasteiger partial charge is 0.398 e. The van der Waals surface area contributed by atoms with Gasteiger partial charge in [-0.1, -0.05) is 11.6 Å². The topological polar surface area (TPSA) is 78.6 Å². The zero-order valence-electron chi connectivity index (χ0n) is 10.1. The summed E-state index contributed by atoms with van der Waals surface area (Å²) >= 11 is 5.76. The molecule has 5 nitrogen and oxygen atoms in total. The van der Waals surface area contributed by atoms with Gasteiger partial charge in [0.25, 0.3) is 0 Å². The third-order valence-electron chi connectivity index (χ3n) is 2.24. The van der Waals surface area contributed by atoms with E-state index in [4.69, 9.17) is 26.8 Å². The van der Waals surface area contributed by atoms with E-state index in [0.717, 1.165) is 0 Å². The first-order valence-electron chi connectivity index (χ1n) is 5.32. The maximum absolute atomic E-state index is 12.0. The normalized spacial score (nSPS) is 11.7. The van der Waals surface area contributed by atoms with Gasteiger partial charge in [-0.15, -0.1) is 0 Å². The Hall–Kier alpha value is -0.820. The smallest absolute Gasteiger partial charge is 0.182 e. The Balaban J connectivity index is 2.66. The van der Waals surface area contributed by atoms with Crippen molar-refractivity contribution in [1.82, 2.24) is 0 Å². The molecule has 0 fully saturated rings. The number of benzene rings is 1. The molecule has 0 aliphatic rings. The van der Waals surface area contributed by atoms with Gasteiger partial charge < -0.3 is 15.2 Å². The summed E-state index contributed by atoms with van der Waals surface area (Å²) in [7, 11) is -1.93. The second-order valence-corrected chi connectivity index (χ2v) is 6.12. The number of sulfone groups is 1. The monoisotopic (exact) mass is 293 g/mol. The minimum Gasteiger partial charge on any atom is -0.398 e. The van der Waals surface area contributed by atoms with Gasteiger partial charge in [0.2, 0.25) is 0 Å². The van der Waals surface area contributed by atoms with Gasteiger partial charge in [-0.2, -0.15) is 0 Å². The molecule has 1 aromatic carbocycles. The standard InChI is InChI=1S/C11H16ClNO4S/c1-16-4-5-17-6-7-18(14,15)11-8-9(12)2-3-10(11)13/h2-3,8H,4-7,13H2,1H3. The fraction of sp³-hybridized carbons (Fsp3) is 0.455. The van der Waals surface area contributed by atoms with Gasteiger partial charge in [-0.25, -0.2) is 8.42 Å². The van der Waals surface area contributed by atoms with Gasteiger partial charge in [0.15, 0.2) is 9.84 Å². The molecule has 0 aliphatic heterocycles. The van der Waals surface area contributed by atoms with Crippen molar-refractivity contribution in [2.75, 3.05) is 38.4 Å². The Morgan fingerprint density at radius 2 is 2.00 bits per heavy atom. The predicted molar refractivity (Wildman–Crippen MR) is 70.6 cm³/mol. The molecule has 7 heteroatoms. The molecule has 1 rings (SSSR count). The highest BCUT2D eigenvalue weighted by Gasteiger charge is 2.17. The number of hydrogen-bond donors (Lipinski definition) is 1. The number of nitrogen functional groups attached to an aromatic ring is 1. The molecule has 0 radical (unpaired) electrons. The van der Waals surface area contributed by atoms with Crippen molar-refractivity contribution in [2.45, 2.75) is 4.90 Å². The molecule has 0 saturated heterocycles. The predicted octanol–water partition coefficient (Wildman–Crippen LogP) is 1.36. The van der Waals surface area contributed by atoms with Crippen LogP contribution < -0.4 is 5.73 Å². The van der Waals surface area contributed by atoms with E-state index in [-0.39, 0.29) is 22.9 Å². The number of anilines is 1. The fourth-order valence-corrected chi connectivity index (χ4v) is 2.83. The Bertz CT molecular complexity index is 490. The maximum Gasteiger partial charge on any atom is 0.182 e. The number of rotatable bonds is 7. The van der Waals surface area contributed by atoms with E-state index < -0.39 is 9.84 Å². The Morgan fingerprint density at radius 3 is 2.67 bits per heavy atom. The molecular formula is C11H16ClNO4S. The molecule has 0 spiro atoms. The lowest BCUT2D eigenvalue weighted by Gasteiger charge is -2.08. The number of methoxy groups -OCH3 is 1. The van der Waals surface area contributed by atoms with Crippen molar-refractivity contribution in [3.05, 3.63) is 23.2 Å². The van der Waals surface area contributed by atoms with Gasteiger partial charge in [0, 0.05) is 12.1 Å². The molecular weight excluding hydrogens is 278 g/mol. The molecule has 0 heterocycles. The average Bonchev–Trinajstić information content (AvgIpc) is 2.32. The zero-order valence-corrected chi connectivity index (χ0v) is 11.6. The lowest BCUT2D eigenvalue weighted by molar-refractivity contribution is 0.0785. The van der Waals surface area contributed by atoms with Crippen LogP contribution in [0.4, 0.5) is 5.69 Å². The lowest BCUT2D eigenvalue weighted by atomic mass is 10.3. The Kier molecular flexibility index (Phi) is 5.87. The number of halogens is 1. The van der Waals surface area contributed by atoms with Gasteiger partial charge in [0.05, 0.1) is 36.2 Å². The third kappa shape index (κ3) is 4.45. The molecule has 0 saturated carbocycles. The maximum atomic E-state index is 12.0. The molecule has 18 heavy (non-hydrogen) atoms. The highest BCUT2D eigenvalue weighted by Crippen LogP contribution is 2.23. The number of nitrogens with two attached hydrogens (primary N) is 1. The molecule has 0 bridgehead atoms. The van der Waals surface area contributed by atoms with Gasteiger partial charge in [-0.05, 0) is 18.2 Å². The second kappa shape index (κ2) is 6.94. The minimum absolute atomic E-state index is 0.0466. The Morgan fingerprint density at radius 1 is 1.28 bits per heavy atom. The molecule has 0 aliphatic carbocycles. The van der Waals surface area contributed by atoms with Crippen molar-refractivity contribution >= 4 is 27.1 Å². The van der Waals surface area contributed by atoms with Crippen molar-refractivity contribution in [3.8, 4) is 0 Å². The van der Waals surface area contributed by atoms with Crippen LogP contribution in [-0.2, 0) is 19.3 Å². The van der Waals surface area contributed by atoms with Crippen LogP contribution in [0.25, 0.3) is 0 Å². The summed E-state index contributed by atoms with van der Waals surface area (Å²) in [4.78, 5) is 0.0466. The van der Waals surface area contributed by atoms with Crippen molar-refractivity contribution in [1.29, 1.82) is 0 Å². The molecule has 0 aromatic heterocycles. The Labute approximate surface area is 112 Å². The average molecular weight is 294 g/mol. The molecule has 0 amide bonds. The van der Waals surface area contributed by atoms with Crippen LogP contribution in [0.2, 0.25) is 5.02 Å². The zero-order chi connectivity index (χ0) is 13.6. The lowest BCUT2D eigenvalue weighted by Crippen LogP contribution is -2.15. The van der Waals surface area contributed by atoms with E-state index >= 15 is 0 Å². The van der Waals surface area contributed by atoms with Crippen LogP contribution in [0.15, 0.2) is 23.1 Å². The van der Waals surface area contributed by atoms with E-state index in [9.17, 15) is 8.42 Å². The number of hydrogen-bond acceptors (Lipinski definition) is 5. The molecule has 1 aromatic rings. The summed E-state index contributed by atoms with van der Waals surface area (Å²) in [6.45, 7) is 0.883. The SMILES string of the molecule is COCCOCCS(=O)(=O)c1cc(Cl)ccc1N. The van der Waals surface area contributed by atoms with Crippen LogP contribution in [0.5, 0.6) is 0 Å². The highest BCUT2D eigenvalue weighted by molar-refractivity contribution is 7.91. The molecule has 0 unspecified atom stereocenters. The second-order valence-electron chi connectivity index (χ2n) is 3.61. The van der Waals surface area contributed by atoms with E-state index in [1.54, 1.807) is 13.2 Å². The summed E-state index contributed by atoms with van der Waals surface area (Å²) in [6, 6.07) is 4.37. The van der Waals surface area contributed by atoms with E-state index in [1.165, 1.54) is 12.1 Å². The summed E-state index contributed by atoms with van der Waals surface area (Å²) in [6.07, 6.45) is 0.